The summed E-state index contributed by atoms with van der Waals surface area (Å²) in [5.74, 6) is 0.312. The van der Waals surface area contributed by atoms with Crippen molar-refractivity contribution in [3.63, 3.8) is 0 Å². The molecule has 0 heterocycles. The van der Waals surface area contributed by atoms with Crippen LogP contribution in [0.25, 0.3) is 6.08 Å². The van der Waals surface area contributed by atoms with Crippen LogP contribution in [-0.4, -0.2) is 6.61 Å². The van der Waals surface area contributed by atoms with Gasteiger partial charge >= 0.3 is 0 Å². The third kappa shape index (κ3) is 3.74. The van der Waals surface area contributed by atoms with E-state index in [0.717, 1.165) is 19.3 Å². The van der Waals surface area contributed by atoms with Crippen molar-refractivity contribution in [1.82, 2.24) is 0 Å². The van der Waals surface area contributed by atoms with E-state index < -0.39 is 0 Å². The predicted octanol–water partition coefficient (Wildman–Crippen LogP) is 4.04. The van der Waals surface area contributed by atoms with Gasteiger partial charge in [0.15, 0.2) is 0 Å². The molecule has 0 fully saturated rings. The summed E-state index contributed by atoms with van der Waals surface area (Å²) in [5, 5.41) is 0. The molecule has 1 nitrogen and oxygen atoms in total. The molecule has 0 aliphatic rings. The molecule has 0 saturated carbocycles. The maximum atomic E-state index is 13.3. The van der Waals surface area contributed by atoms with Gasteiger partial charge in [-0.05, 0) is 18.6 Å². The first-order valence-electron chi connectivity index (χ1n) is 5.32. The van der Waals surface area contributed by atoms with Crippen molar-refractivity contribution >= 4 is 6.08 Å². The van der Waals surface area contributed by atoms with Crippen molar-refractivity contribution in [3.8, 4) is 5.75 Å². The van der Waals surface area contributed by atoms with E-state index in [1.165, 1.54) is 12.1 Å². The number of unbranched alkanes of at least 4 members (excludes halogenated alkanes) is 2. The summed E-state index contributed by atoms with van der Waals surface area (Å²) in [7, 11) is 0. The van der Waals surface area contributed by atoms with Crippen molar-refractivity contribution in [2.75, 3.05) is 6.61 Å². The Morgan fingerprint density at radius 2 is 2.20 bits per heavy atom. The quantitative estimate of drug-likeness (QED) is 0.641. The van der Waals surface area contributed by atoms with Gasteiger partial charge in [-0.25, -0.2) is 4.39 Å². The van der Waals surface area contributed by atoms with Gasteiger partial charge in [-0.2, -0.15) is 0 Å². The second-order valence-corrected chi connectivity index (χ2v) is 3.44. The zero-order valence-corrected chi connectivity index (χ0v) is 9.13. The third-order valence-corrected chi connectivity index (χ3v) is 2.21. The Bertz CT molecular complexity index is 320. The lowest BCUT2D eigenvalue weighted by atomic mass is 10.2. The highest BCUT2D eigenvalue weighted by Gasteiger charge is 2.00. The number of rotatable bonds is 6. The van der Waals surface area contributed by atoms with Crippen LogP contribution in [0.1, 0.15) is 31.7 Å². The zero-order valence-electron chi connectivity index (χ0n) is 9.13. The molecule has 0 saturated heterocycles. The highest BCUT2D eigenvalue weighted by atomic mass is 19.1. The summed E-state index contributed by atoms with van der Waals surface area (Å²) in [6, 6.07) is 4.85. The largest absolute Gasteiger partial charge is 0.493 e. The molecule has 0 N–H and O–H groups in total. The van der Waals surface area contributed by atoms with Crippen LogP contribution in [0.2, 0.25) is 0 Å². The SMILES string of the molecule is C=Cc1ccc(OCCCCC)cc1F. The highest BCUT2D eigenvalue weighted by Crippen LogP contribution is 2.17. The lowest BCUT2D eigenvalue weighted by molar-refractivity contribution is 0.305. The Kier molecular flexibility index (Phi) is 4.88. The molecule has 0 spiro atoms. The Morgan fingerprint density at radius 1 is 1.40 bits per heavy atom. The van der Waals surface area contributed by atoms with Crippen molar-refractivity contribution in [2.24, 2.45) is 0 Å². The number of ether oxygens (including phenoxy) is 1. The van der Waals surface area contributed by atoms with Gasteiger partial charge < -0.3 is 4.74 Å². The first kappa shape index (κ1) is 11.8. The van der Waals surface area contributed by atoms with Gasteiger partial charge in [-0.1, -0.05) is 32.4 Å². The number of hydrogen-bond acceptors (Lipinski definition) is 1. The fourth-order valence-electron chi connectivity index (χ4n) is 1.31. The molecule has 1 aromatic carbocycles. The summed E-state index contributed by atoms with van der Waals surface area (Å²) in [6.07, 6.45) is 4.82. The van der Waals surface area contributed by atoms with Gasteiger partial charge in [0.05, 0.1) is 6.61 Å². The van der Waals surface area contributed by atoms with Gasteiger partial charge in [-0.15, -0.1) is 0 Å². The fraction of sp³-hybridized carbons (Fsp3) is 0.385. The number of hydrogen-bond donors (Lipinski definition) is 0. The standard InChI is InChI=1S/C13H17FO/c1-3-5-6-9-15-12-8-7-11(4-2)13(14)10-12/h4,7-8,10H,2-3,5-6,9H2,1H3. The van der Waals surface area contributed by atoms with Gasteiger partial charge in [0.1, 0.15) is 11.6 Å². The van der Waals surface area contributed by atoms with Crippen LogP contribution in [0.3, 0.4) is 0 Å². The highest BCUT2D eigenvalue weighted by molar-refractivity contribution is 5.49. The predicted molar refractivity (Wildman–Crippen MR) is 61.5 cm³/mol. The van der Waals surface area contributed by atoms with E-state index in [2.05, 4.69) is 13.5 Å². The lowest BCUT2D eigenvalue weighted by Gasteiger charge is -2.06. The molecule has 0 amide bonds. The van der Waals surface area contributed by atoms with E-state index in [0.29, 0.717) is 17.9 Å². The van der Waals surface area contributed by atoms with E-state index in [1.807, 2.05) is 0 Å². The van der Waals surface area contributed by atoms with Gasteiger partial charge in [0, 0.05) is 11.6 Å². The molecule has 0 aliphatic carbocycles. The van der Waals surface area contributed by atoms with Crippen molar-refractivity contribution in [3.05, 3.63) is 36.2 Å². The minimum absolute atomic E-state index is 0.280. The van der Waals surface area contributed by atoms with Crippen LogP contribution in [0.15, 0.2) is 24.8 Å². The molecule has 0 bridgehead atoms. The Hall–Kier alpha value is -1.31. The summed E-state index contributed by atoms with van der Waals surface area (Å²) in [5.41, 5.74) is 0.510. The first-order chi connectivity index (χ1) is 7.27. The van der Waals surface area contributed by atoms with Crippen LogP contribution in [0.4, 0.5) is 4.39 Å². The molecule has 2 heteroatoms. The molecule has 0 aromatic heterocycles. The maximum absolute atomic E-state index is 13.3. The molecular formula is C13H17FO. The van der Waals surface area contributed by atoms with Crippen molar-refractivity contribution in [1.29, 1.82) is 0 Å². The van der Waals surface area contributed by atoms with Gasteiger partial charge in [0.2, 0.25) is 0 Å². The van der Waals surface area contributed by atoms with Crippen molar-refractivity contribution in [2.45, 2.75) is 26.2 Å². The summed E-state index contributed by atoms with van der Waals surface area (Å²) >= 11 is 0. The Labute approximate surface area is 90.6 Å². The minimum Gasteiger partial charge on any atom is -0.493 e. The normalized spacial score (nSPS) is 10.0. The van der Waals surface area contributed by atoms with E-state index >= 15 is 0 Å². The minimum atomic E-state index is -0.280. The molecule has 0 radical (unpaired) electrons. The Balaban J connectivity index is 2.48. The van der Waals surface area contributed by atoms with Gasteiger partial charge in [0.25, 0.3) is 0 Å². The molecule has 0 unspecified atom stereocenters. The third-order valence-electron chi connectivity index (χ3n) is 2.21. The van der Waals surface area contributed by atoms with Crippen LogP contribution < -0.4 is 4.74 Å². The first-order valence-corrected chi connectivity index (χ1v) is 5.32. The average molecular weight is 208 g/mol. The molecule has 0 aliphatic heterocycles. The topological polar surface area (TPSA) is 9.23 Å². The molecular weight excluding hydrogens is 191 g/mol. The van der Waals surface area contributed by atoms with E-state index in [1.54, 1.807) is 12.1 Å². The molecule has 1 rings (SSSR count). The van der Waals surface area contributed by atoms with Crippen molar-refractivity contribution < 1.29 is 9.13 Å². The van der Waals surface area contributed by atoms with Crippen LogP contribution in [-0.2, 0) is 0 Å². The summed E-state index contributed by atoms with van der Waals surface area (Å²) < 4.78 is 18.7. The Morgan fingerprint density at radius 3 is 2.80 bits per heavy atom. The van der Waals surface area contributed by atoms with Crippen LogP contribution in [0, 0.1) is 5.82 Å². The second-order valence-electron chi connectivity index (χ2n) is 3.44. The smallest absolute Gasteiger partial charge is 0.134 e. The fourth-order valence-corrected chi connectivity index (χ4v) is 1.31. The van der Waals surface area contributed by atoms with E-state index in [4.69, 9.17) is 4.74 Å². The van der Waals surface area contributed by atoms with E-state index in [9.17, 15) is 4.39 Å². The van der Waals surface area contributed by atoms with Gasteiger partial charge in [-0.3, -0.25) is 0 Å². The molecule has 0 atom stereocenters. The molecule has 1 aromatic rings. The second kappa shape index (κ2) is 6.23. The number of halogens is 1. The van der Waals surface area contributed by atoms with Crippen LogP contribution >= 0.6 is 0 Å². The summed E-state index contributed by atoms with van der Waals surface area (Å²) in [6.45, 7) is 6.32. The average Bonchev–Trinajstić information content (AvgIpc) is 2.25. The van der Waals surface area contributed by atoms with Crippen LogP contribution in [0.5, 0.6) is 5.75 Å². The molecule has 82 valence electrons. The monoisotopic (exact) mass is 208 g/mol. The molecule has 15 heavy (non-hydrogen) atoms. The number of benzene rings is 1. The summed E-state index contributed by atoms with van der Waals surface area (Å²) in [4.78, 5) is 0. The lowest BCUT2D eigenvalue weighted by Crippen LogP contribution is -1.97. The zero-order chi connectivity index (χ0) is 11.1. The maximum Gasteiger partial charge on any atom is 0.134 e. The van der Waals surface area contributed by atoms with E-state index in [-0.39, 0.29) is 5.82 Å².